The molecule has 100 valence electrons. The lowest BCUT2D eigenvalue weighted by atomic mass is 10.3. The molecule has 18 heavy (non-hydrogen) atoms. The van der Waals surface area contributed by atoms with Gasteiger partial charge in [0.05, 0.1) is 0 Å². The van der Waals surface area contributed by atoms with E-state index in [0.29, 0.717) is 23.0 Å². The highest BCUT2D eigenvalue weighted by Gasteiger charge is 2.20. The van der Waals surface area contributed by atoms with Crippen LogP contribution in [0.1, 0.15) is 20.8 Å². The standard InChI is InChI=1S/C13H20N2O2S/c1-9(2)8-18(17)10(3)13(16)15-12-6-4-11(14)5-7-12/h4-7,9-10H,8,14H2,1-3H3,(H,15,16). The third kappa shape index (κ3) is 4.49. The van der Waals surface area contributed by atoms with Crippen molar-refractivity contribution < 1.29 is 9.00 Å². The van der Waals surface area contributed by atoms with Gasteiger partial charge < -0.3 is 11.1 Å². The first-order valence-corrected chi connectivity index (χ1v) is 7.32. The van der Waals surface area contributed by atoms with Crippen molar-refractivity contribution in [1.82, 2.24) is 0 Å². The summed E-state index contributed by atoms with van der Waals surface area (Å²) >= 11 is 0. The number of benzene rings is 1. The second kappa shape index (κ2) is 6.54. The Bertz CT molecular complexity index is 429. The van der Waals surface area contributed by atoms with Gasteiger partial charge in [0, 0.05) is 27.9 Å². The summed E-state index contributed by atoms with van der Waals surface area (Å²) in [6.45, 7) is 5.66. The van der Waals surface area contributed by atoms with E-state index < -0.39 is 16.0 Å². The number of nitrogens with one attached hydrogen (secondary N) is 1. The maximum Gasteiger partial charge on any atom is 0.239 e. The molecule has 0 fully saturated rings. The van der Waals surface area contributed by atoms with Crippen LogP contribution in [0.4, 0.5) is 11.4 Å². The first-order chi connectivity index (χ1) is 8.40. The van der Waals surface area contributed by atoms with E-state index in [9.17, 15) is 9.00 Å². The van der Waals surface area contributed by atoms with Gasteiger partial charge in [-0.3, -0.25) is 9.00 Å². The maximum absolute atomic E-state index is 11.9. The van der Waals surface area contributed by atoms with Gasteiger partial charge in [-0.1, -0.05) is 13.8 Å². The molecule has 0 aliphatic heterocycles. The van der Waals surface area contributed by atoms with E-state index in [1.165, 1.54) is 0 Å². The van der Waals surface area contributed by atoms with Crippen LogP contribution in [0.5, 0.6) is 0 Å². The van der Waals surface area contributed by atoms with Crippen LogP contribution in [0, 0.1) is 5.92 Å². The van der Waals surface area contributed by atoms with Crippen molar-refractivity contribution in [3.8, 4) is 0 Å². The molecule has 2 unspecified atom stereocenters. The SMILES string of the molecule is CC(C)CS(=O)C(C)C(=O)Nc1ccc(N)cc1. The Morgan fingerprint density at radius 1 is 1.28 bits per heavy atom. The minimum Gasteiger partial charge on any atom is -0.399 e. The Labute approximate surface area is 110 Å². The van der Waals surface area contributed by atoms with E-state index in [-0.39, 0.29) is 5.91 Å². The molecule has 1 rings (SSSR count). The zero-order valence-electron chi connectivity index (χ0n) is 11.0. The summed E-state index contributed by atoms with van der Waals surface area (Å²) in [6, 6.07) is 6.88. The van der Waals surface area contributed by atoms with Gasteiger partial charge in [-0.15, -0.1) is 0 Å². The van der Waals surface area contributed by atoms with Crippen LogP contribution in [0.3, 0.4) is 0 Å². The topological polar surface area (TPSA) is 72.2 Å². The summed E-state index contributed by atoms with van der Waals surface area (Å²) in [5.74, 6) is 0.632. The third-order valence-corrected chi connectivity index (χ3v) is 4.44. The fourth-order valence-corrected chi connectivity index (χ4v) is 2.65. The lowest BCUT2D eigenvalue weighted by molar-refractivity contribution is -0.115. The Balaban J connectivity index is 2.59. The number of hydrogen-bond donors (Lipinski definition) is 2. The molecule has 0 radical (unpaired) electrons. The average molecular weight is 268 g/mol. The molecule has 5 heteroatoms. The van der Waals surface area contributed by atoms with Gasteiger partial charge in [0.15, 0.2) is 0 Å². The van der Waals surface area contributed by atoms with E-state index in [0.717, 1.165) is 0 Å². The number of anilines is 2. The summed E-state index contributed by atoms with van der Waals surface area (Å²) in [6.07, 6.45) is 0. The van der Waals surface area contributed by atoms with Gasteiger partial charge in [-0.25, -0.2) is 0 Å². The van der Waals surface area contributed by atoms with Crippen LogP contribution in [0.2, 0.25) is 0 Å². The molecule has 3 N–H and O–H groups in total. The number of carbonyl (C=O) groups excluding carboxylic acids is 1. The first kappa shape index (κ1) is 14.7. The van der Waals surface area contributed by atoms with E-state index in [1.807, 2.05) is 13.8 Å². The first-order valence-electron chi connectivity index (χ1n) is 5.93. The monoisotopic (exact) mass is 268 g/mol. The van der Waals surface area contributed by atoms with Crippen molar-refractivity contribution in [3.63, 3.8) is 0 Å². The Kier molecular flexibility index (Phi) is 5.34. The van der Waals surface area contributed by atoms with Crippen molar-refractivity contribution in [2.24, 2.45) is 5.92 Å². The number of nitrogens with two attached hydrogens (primary N) is 1. The molecule has 0 aliphatic carbocycles. The van der Waals surface area contributed by atoms with Crippen molar-refractivity contribution in [3.05, 3.63) is 24.3 Å². The van der Waals surface area contributed by atoms with Crippen molar-refractivity contribution in [2.45, 2.75) is 26.0 Å². The highest BCUT2D eigenvalue weighted by Crippen LogP contribution is 2.12. The summed E-state index contributed by atoms with van der Waals surface area (Å²) < 4.78 is 11.9. The van der Waals surface area contributed by atoms with Crippen LogP contribution in [-0.2, 0) is 15.6 Å². The molecular weight excluding hydrogens is 248 g/mol. The molecule has 1 aromatic rings. The zero-order chi connectivity index (χ0) is 13.7. The highest BCUT2D eigenvalue weighted by molar-refractivity contribution is 7.86. The fourth-order valence-electron chi connectivity index (χ4n) is 1.40. The number of rotatable bonds is 5. The lowest BCUT2D eigenvalue weighted by Gasteiger charge is -2.13. The second-order valence-electron chi connectivity index (χ2n) is 4.69. The predicted molar refractivity (Wildman–Crippen MR) is 76.8 cm³/mol. The summed E-state index contributed by atoms with van der Waals surface area (Å²) in [5.41, 5.74) is 6.87. The van der Waals surface area contributed by atoms with E-state index in [2.05, 4.69) is 5.32 Å². The Hall–Kier alpha value is -1.36. The van der Waals surface area contributed by atoms with Gasteiger partial charge in [0.2, 0.25) is 5.91 Å². The number of nitrogen functional groups attached to an aromatic ring is 1. The summed E-state index contributed by atoms with van der Waals surface area (Å²) in [5, 5.41) is 2.23. The normalized spacial score (nSPS) is 14.2. The summed E-state index contributed by atoms with van der Waals surface area (Å²) in [4.78, 5) is 11.9. The van der Waals surface area contributed by atoms with Crippen LogP contribution in [0.25, 0.3) is 0 Å². The minimum absolute atomic E-state index is 0.223. The lowest BCUT2D eigenvalue weighted by Crippen LogP contribution is -2.31. The van der Waals surface area contributed by atoms with E-state index in [4.69, 9.17) is 5.73 Å². The average Bonchev–Trinajstić information content (AvgIpc) is 2.30. The smallest absolute Gasteiger partial charge is 0.239 e. The van der Waals surface area contributed by atoms with Gasteiger partial charge in [0.25, 0.3) is 0 Å². The molecule has 0 spiro atoms. The van der Waals surface area contributed by atoms with E-state index >= 15 is 0 Å². The predicted octanol–water partition coefficient (Wildman–Crippen LogP) is 2.00. The molecule has 0 aliphatic rings. The minimum atomic E-state index is -1.14. The largest absolute Gasteiger partial charge is 0.399 e. The number of carbonyl (C=O) groups is 1. The van der Waals surface area contributed by atoms with Crippen LogP contribution < -0.4 is 11.1 Å². The van der Waals surface area contributed by atoms with Crippen LogP contribution in [-0.4, -0.2) is 21.1 Å². The third-order valence-electron chi connectivity index (χ3n) is 2.44. The van der Waals surface area contributed by atoms with Crippen molar-refractivity contribution in [1.29, 1.82) is 0 Å². The molecule has 0 heterocycles. The molecule has 0 saturated carbocycles. The molecule has 0 bridgehead atoms. The molecule has 1 aromatic carbocycles. The van der Waals surface area contributed by atoms with Crippen molar-refractivity contribution >= 4 is 28.1 Å². The maximum atomic E-state index is 11.9. The van der Waals surface area contributed by atoms with Gasteiger partial charge in [0.1, 0.15) is 5.25 Å². The fraction of sp³-hybridized carbons (Fsp3) is 0.462. The van der Waals surface area contributed by atoms with E-state index in [1.54, 1.807) is 31.2 Å². The van der Waals surface area contributed by atoms with Gasteiger partial charge >= 0.3 is 0 Å². The Morgan fingerprint density at radius 3 is 2.33 bits per heavy atom. The molecule has 0 saturated heterocycles. The van der Waals surface area contributed by atoms with Gasteiger partial charge in [-0.2, -0.15) is 0 Å². The number of amides is 1. The molecule has 2 atom stereocenters. The number of hydrogen-bond acceptors (Lipinski definition) is 3. The zero-order valence-corrected chi connectivity index (χ0v) is 11.8. The molecule has 1 amide bonds. The summed E-state index contributed by atoms with van der Waals surface area (Å²) in [7, 11) is -1.14. The van der Waals surface area contributed by atoms with Crippen molar-refractivity contribution in [2.75, 3.05) is 16.8 Å². The van der Waals surface area contributed by atoms with Crippen LogP contribution >= 0.6 is 0 Å². The molecule has 0 aromatic heterocycles. The van der Waals surface area contributed by atoms with Crippen LogP contribution in [0.15, 0.2) is 24.3 Å². The Morgan fingerprint density at radius 2 is 1.83 bits per heavy atom. The molecular formula is C13H20N2O2S. The quantitative estimate of drug-likeness (QED) is 0.802. The highest BCUT2D eigenvalue weighted by atomic mass is 32.2. The van der Waals surface area contributed by atoms with Gasteiger partial charge in [-0.05, 0) is 37.1 Å². The second-order valence-corrected chi connectivity index (χ2v) is 6.50. The molecule has 4 nitrogen and oxygen atoms in total.